The van der Waals surface area contributed by atoms with Crippen LogP contribution < -0.4 is 15.4 Å². The fraction of sp³-hybridized carbons (Fsp3) is 0.269. The van der Waals surface area contributed by atoms with Gasteiger partial charge in [-0.2, -0.15) is 0 Å². The number of carbonyl (C=O) groups is 1. The molecule has 0 spiro atoms. The third-order valence-corrected chi connectivity index (χ3v) is 5.77. The van der Waals surface area contributed by atoms with Gasteiger partial charge in [0.1, 0.15) is 17.3 Å². The predicted octanol–water partition coefficient (Wildman–Crippen LogP) is 4.45. The number of para-hydroxylation sites is 1. The van der Waals surface area contributed by atoms with Gasteiger partial charge >= 0.3 is 0 Å². The number of hydrogen-bond donors (Lipinski definition) is 3. The minimum atomic E-state index is -0.127. The lowest BCUT2D eigenvalue weighted by molar-refractivity contribution is 0.0948. The molecule has 0 saturated carbocycles. The van der Waals surface area contributed by atoms with E-state index < -0.39 is 0 Å². The number of nitrogens with one attached hydrogen (secondary N) is 3. The second kappa shape index (κ2) is 10.8. The number of rotatable bonds is 10. The third-order valence-electron chi connectivity index (χ3n) is 5.77. The molecule has 34 heavy (non-hydrogen) atoms. The van der Waals surface area contributed by atoms with E-state index in [9.17, 15) is 4.79 Å². The van der Waals surface area contributed by atoms with Crippen LogP contribution in [0.5, 0.6) is 5.75 Å². The highest BCUT2D eigenvalue weighted by Crippen LogP contribution is 2.29. The zero-order valence-corrected chi connectivity index (χ0v) is 19.8. The minimum absolute atomic E-state index is 0.127. The van der Waals surface area contributed by atoms with Crippen molar-refractivity contribution in [3.05, 3.63) is 66.5 Å². The maximum atomic E-state index is 12.6. The number of amides is 1. The number of nitrogens with zero attached hydrogens (tertiary/aromatic N) is 3. The number of benzene rings is 2. The number of carbonyl (C=O) groups excluding carboxylic acids is 1. The SMILES string of the molecule is CCN(CC)CCNC(=O)c1ccc(Nc2cncc(-c3cc4ccccc4[nH]3)n2)c(OC)c1. The molecule has 0 unspecified atom stereocenters. The number of aromatic amines is 1. The van der Waals surface area contributed by atoms with Crippen molar-refractivity contribution < 1.29 is 9.53 Å². The fourth-order valence-electron chi connectivity index (χ4n) is 3.81. The Hall–Kier alpha value is -3.91. The molecule has 0 radical (unpaired) electrons. The summed E-state index contributed by atoms with van der Waals surface area (Å²) < 4.78 is 5.54. The van der Waals surface area contributed by atoms with Crippen LogP contribution in [0.2, 0.25) is 0 Å². The zero-order chi connectivity index (χ0) is 23.9. The first-order valence-electron chi connectivity index (χ1n) is 11.5. The molecule has 0 aliphatic heterocycles. The van der Waals surface area contributed by atoms with Crippen LogP contribution in [-0.4, -0.2) is 59.0 Å². The van der Waals surface area contributed by atoms with E-state index in [4.69, 9.17) is 9.72 Å². The normalized spacial score (nSPS) is 11.1. The van der Waals surface area contributed by atoms with E-state index in [2.05, 4.69) is 51.5 Å². The number of fused-ring (bicyclic) bond motifs is 1. The monoisotopic (exact) mass is 458 g/mol. The Bertz CT molecular complexity index is 1230. The predicted molar refractivity (Wildman–Crippen MR) is 136 cm³/mol. The molecule has 1 amide bonds. The van der Waals surface area contributed by atoms with Crippen LogP contribution in [-0.2, 0) is 0 Å². The summed E-state index contributed by atoms with van der Waals surface area (Å²) in [6, 6.07) is 15.4. The summed E-state index contributed by atoms with van der Waals surface area (Å²) in [5.74, 6) is 0.998. The summed E-state index contributed by atoms with van der Waals surface area (Å²) in [6.45, 7) is 7.57. The minimum Gasteiger partial charge on any atom is -0.495 e. The summed E-state index contributed by atoms with van der Waals surface area (Å²) >= 11 is 0. The number of H-pyrrole nitrogens is 1. The number of aromatic nitrogens is 3. The van der Waals surface area contributed by atoms with Gasteiger partial charge in [-0.15, -0.1) is 0 Å². The molecule has 0 saturated heterocycles. The van der Waals surface area contributed by atoms with Gasteiger partial charge in [0.05, 0.1) is 30.9 Å². The smallest absolute Gasteiger partial charge is 0.251 e. The van der Waals surface area contributed by atoms with Crippen molar-refractivity contribution in [2.45, 2.75) is 13.8 Å². The molecule has 0 bridgehead atoms. The molecule has 4 aromatic rings. The van der Waals surface area contributed by atoms with Gasteiger partial charge in [-0.3, -0.25) is 9.78 Å². The fourth-order valence-corrected chi connectivity index (χ4v) is 3.81. The lowest BCUT2D eigenvalue weighted by atomic mass is 10.1. The van der Waals surface area contributed by atoms with E-state index >= 15 is 0 Å². The molecule has 2 aromatic heterocycles. The Balaban J connectivity index is 1.47. The van der Waals surface area contributed by atoms with E-state index in [0.29, 0.717) is 29.4 Å². The van der Waals surface area contributed by atoms with Crippen LogP contribution in [0.4, 0.5) is 11.5 Å². The third kappa shape index (κ3) is 5.35. The summed E-state index contributed by atoms with van der Waals surface area (Å²) in [4.78, 5) is 27.3. The average Bonchev–Trinajstić information content (AvgIpc) is 3.31. The Labute approximate surface area is 199 Å². The van der Waals surface area contributed by atoms with E-state index in [1.165, 1.54) is 0 Å². The van der Waals surface area contributed by atoms with Crippen LogP contribution >= 0.6 is 0 Å². The highest BCUT2D eigenvalue weighted by atomic mass is 16.5. The van der Waals surface area contributed by atoms with Gasteiger partial charge in [-0.1, -0.05) is 32.0 Å². The molecule has 0 aliphatic carbocycles. The highest BCUT2D eigenvalue weighted by molar-refractivity contribution is 5.95. The first-order valence-corrected chi connectivity index (χ1v) is 11.5. The molecular formula is C26H30N6O2. The Kier molecular flexibility index (Phi) is 7.39. The number of hydrogen-bond acceptors (Lipinski definition) is 6. The molecule has 4 rings (SSSR count). The van der Waals surface area contributed by atoms with Crippen LogP contribution in [0.3, 0.4) is 0 Å². The standard InChI is InChI=1S/C26H30N6O2/c1-4-32(5-2)13-12-28-26(33)19-10-11-21(24(15-19)34-3)30-25-17-27-16-23(31-25)22-14-18-8-6-7-9-20(18)29-22/h6-11,14-17,29H,4-5,12-13H2,1-3H3,(H,28,33)(H,30,31). The second-order valence-corrected chi connectivity index (χ2v) is 7.88. The van der Waals surface area contributed by atoms with Crippen LogP contribution in [0.25, 0.3) is 22.3 Å². The first kappa shape index (κ1) is 23.3. The summed E-state index contributed by atoms with van der Waals surface area (Å²) in [5.41, 5.74) is 3.90. The van der Waals surface area contributed by atoms with Gasteiger partial charge in [0, 0.05) is 29.6 Å². The number of likely N-dealkylation sites (N-methyl/N-ethyl adjacent to an activating group) is 1. The molecule has 8 nitrogen and oxygen atoms in total. The highest BCUT2D eigenvalue weighted by Gasteiger charge is 2.12. The maximum Gasteiger partial charge on any atom is 0.251 e. The van der Waals surface area contributed by atoms with Crippen molar-refractivity contribution in [1.82, 2.24) is 25.2 Å². The van der Waals surface area contributed by atoms with Crippen LogP contribution in [0, 0.1) is 0 Å². The van der Waals surface area contributed by atoms with E-state index in [1.54, 1.807) is 31.6 Å². The van der Waals surface area contributed by atoms with E-state index in [0.717, 1.165) is 41.9 Å². The van der Waals surface area contributed by atoms with Gasteiger partial charge in [0.25, 0.3) is 5.91 Å². The largest absolute Gasteiger partial charge is 0.495 e. The number of methoxy groups -OCH3 is 1. The second-order valence-electron chi connectivity index (χ2n) is 7.88. The van der Waals surface area contributed by atoms with Crippen molar-refractivity contribution in [3.8, 4) is 17.1 Å². The Morgan fingerprint density at radius 3 is 2.68 bits per heavy atom. The summed E-state index contributed by atoms with van der Waals surface area (Å²) in [7, 11) is 1.58. The van der Waals surface area contributed by atoms with Gasteiger partial charge in [-0.25, -0.2) is 4.98 Å². The van der Waals surface area contributed by atoms with E-state index in [1.807, 2.05) is 24.3 Å². The maximum absolute atomic E-state index is 12.6. The lowest BCUT2D eigenvalue weighted by Crippen LogP contribution is -2.34. The molecule has 8 heteroatoms. The average molecular weight is 459 g/mol. The van der Waals surface area contributed by atoms with Crippen molar-refractivity contribution in [2.24, 2.45) is 0 Å². The van der Waals surface area contributed by atoms with Crippen molar-refractivity contribution in [2.75, 3.05) is 38.6 Å². The topological polar surface area (TPSA) is 95.2 Å². The molecule has 0 atom stereocenters. The van der Waals surface area contributed by atoms with Gasteiger partial charge in [0.15, 0.2) is 0 Å². The van der Waals surface area contributed by atoms with Gasteiger partial charge < -0.3 is 25.3 Å². The van der Waals surface area contributed by atoms with Gasteiger partial charge in [0.2, 0.25) is 0 Å². The van der Waals surface area contributed by atoms with Crippen molar-refractivity contribution in [1.29, 1.82) is 0 Å². The lowest BCUT2D eigenvalue weighted by Gasteiger charge is -2.18. The molecule has 2 heterocycles. The summed E-state index contributed by atoms with van der Waals surface area (Å²) in [6.07, 6.45) is 3.37. The number of ether oxygens (including phenoxy) is 1. The van der Waals surface area contributed by atoms with Crippen LogP contribution in [0.15, 0.2) is 60.9 Å². The molecule has 0 aliphatic rings. The molecule has 3 N–H and O–H groups in total. The molecule has 0 fully saturated rings. The zero-order valence-electron chi connectivity index (χ0n) is 19.8. The number of anilines is 2. The molecular weight excluding hydrogens is 428 g/mol. The van der Waals surface area contributed by atoms with Crippen molar-refractivity contribution in [3.63, 3.8) is 0 Å². The van der Waals surface area contributed by atoms with Crippen LogP contribution in [0.1, 0.15) is 24.2 Å². The molecule has 176 valence electrons. The Morgan fingerprint density at radius 1 is 1.09 bits per heavy atom. The summed E-state index contributed by atoms with van der Waals surface area (Å²) in [5, 5.41) is 7.34. The quantitative estimate of drug-likeness (QED) is 0.325. The molecule has 2 aromatic carbocycles. The first-order chi connectivity index (χ1) is 16.6. The van der Waals surface area contributed by atoms with E-state index in [-0.39, 0.29) is 5.91 Å². The van der Waals surface area contributed by atoms with Gasteiger partial charge in [-0.05, 0) is 43.4 Å². The Morgan fingerprint density at radius 2 is 1.91 bits per heavy atom. The van der Waals surface area contributed by atoms with Crippen molar-refractivity contribution >= 4 is 28.3 Å².